The lowest BCUT2D eigenvalue weighted by molar-refractivity contribution is 0.00309. The zero-order valence-electron chi connectivity index (χ0n) is 14.3. The van der Waals surface area contributed by atoms with E-state index < -0.39 is 0 Å². The number of aliphatic hydroxyl groups is 1. The second-order valence-electron chi connectivity index (χ2n) is 6.81. The third-order valence-electron chi connectivity index (χ3n) is 4.73. The van der Waals surface area contributed by atoms with Crippen molar-refractivity contribution in [1.82, 2.24) is 10.6 Å². The van der Waals surface area contributed by atoms with Crippen LogP contribution in [0, 0.1) is 12.3 Å². The SMILES string of the molecule is COc1cc(C)cc(CNC(=O)NCC2(C)CCCCC2O)c1. The van der Waals surface area contributed by atoms with Gasteiger partial charge in [-0.3, -0.25) is 0 Å². The Balaban J connectivity index is 1.82. The van der Waals surface area contributed by atoms with Gasteiger partial charge in [-0.1, -0.05) is 25.8 Å². The van der Waals surface area contributed by atoms with Crippen LogP contribution in [0.25, 0.3) is 0 Å². The molecular formula is C18H28N2O3. The normalized spacial score (nSPS) is 24.1. The Morgan fingerprint density at radius 3 is 2.83 bits per heavy atom. The van der Waals surface area contributed by atoms with Gasteiger partial charge in [0.25, 0.3) is 0 Å². The summed E-state index contributed by atoms with van der Waals surface area (Å²) < 4.78 is 5.24. The minimum Gasteiger partial charge on any atom is -0.497 e. The molecule has 3 N–H and O–H groups in total. The van der Waals surface area contributed by atoms with Crippen molar-refractivity contribution in [3.05, 3.63) is 29.3 Å². The molecule has 5 heteroatoms. The van der Waals surface area contributed by atoms with Crippen LogP contribution in [0.3, 0.4) is 0 Å². The molecule has 1 aromatic carbocycles. The number of hydrogen-bond donors (Lipinski definition) is 3. The Bertz CT molecular complexity index is 547. The average Bonchev–Trinajstić information content (AvgIpc) is 2.53. The van der Waals surface area contributed by atoms with E-state index in [1.807, 2.05) is 32.0 Å². The number of nitrogens with one attached hydrogen (secondary N) is 2. The smallest absolute Gasteiger partial charge is 0.315 e. The van der Waals surface area contributed by atoms with Gasteiger partial charge >= 0.3 is 6.03 Å². The van der Waals surface area contributed by atoms with Gasteiger partial charge in [0, 0.05) is 18.5 Å². The monoisotopic (exact) mass is 320 g/mol. The van der Waals surface area contributed by atoms with Gasteiger partial charge in [0.1, 0.15) is 5.75 Å². The fraction of sp³-hybridized carbons (Fsp3) is 0.611. The van der Waals surface area contributed by atoms with Gasteiger partial charge in [-0.15, -0.1) is 0 Å². The molecule has 0 bridgehead atoms. The average molecular weight is 320 g/mol. The molecule has 128 valence electrons. The van der Waals surface area contributed by atoms with Gasteiger partial charge in [0.05, 0.1) is 13.2 Å². The number of rotatable bonds is 5. The highest BCUT2D eigenvalue weighted by Gasteiger charge is 2.35. The molecule has 0 radical (unpaired) electrons. The summed E-state index contributed by atoms with van der Waals surface area (Å²) in [5.74, 6) is 0.792. The Morgan fingerprint density at radius 2 is 2.13 bits per heavy atom. The van der Waals surface area contributed by atoms with E-state index in [9.17, 15) is 9.90 Å². The van der Waals surface area contributed by atoms with Crippen LogP contribution in [0.5, 0.6) is 5.75 Å². The van der Waals surface area contributed by atoms with Crippen molar-refractivity contribution in [1.29, 1.82) is 0 Å². The number of benzene rings is 1. The molecule has 1 aliphatic rings. The Hall–Kier alpha value is -1.75. The van der Waals surface area contributed by atoms with E-state index in [1.54, 1.807) is 7.11 Å². The fourth-order valence-electron chi connectivity index (χ4n) is 3.16. The summed E-state index contributed by atoms with van der Waals surface area (Å²) in [4.78, 5) is 12.0. The largest absolute Gasteiger partial charge is 0.497 e. The van der Waals surface area contributed by atoms with Gasteiger partial charge < -0.3 is 20.5 Å². The number of amides is 2. The van der Waals surface area contributed by atoms with Crippen LogP contribution in [-0.2, 0) is 6.54 Å². The first-order chi connectivity index (χ1) is 10.9. The molecule has 23 heavy (non-hydrogen) atoms. The zero-order chi connectivity index (χ0) is 16.9. The number of aryl methyl sites for hydroxylation is 1. The molecule has 2 atom stereocenters. The molecule has 1 aliphatic carbocycles. The molecule has 2 amide bonds. The standard InChI is InChI=1S/C18H28N2O3/c1-13-8-14(10-15(9-13)23-3)11-19-17(22)20-12-18(2)7-5-4-6-16(18)21/h8-10,16,21H,4-7,11-12H2,1-3H3,(H2,19,20,22). The zero-order valence-corrected chi connectivity index (χ0v) is 14.3. The summed E-state index contributed by atoms with van der Waals surface area (Å²) in [7, 11) is 1.63. The van der Waals surface area contributed by atoms with Crippen molar-refractivity contribution < 1.29 is 14.6 Å². The number of carbonyl (C=O) groups excluding carboxylic acids is 1. The molecule has 1 aromatic rings. The van der Waals surface area contributed by atoms with E-state index in [0.717, 1.165) is 42.6 Å². The van der Waals surface area contributed by atoms with Gasteiger partial charge in [-0.05, 0) is 43.0 Å². The summed E-state index contributed by atoms with van der Waals surface area (Å²) in [6.45, 7) is 4.99. The van der Waals surface area contributed by atoms with Crippen LogP contribution in [0.2, 0.25) is 0 Å². The molecule has 0 aromatic heterocycles. The number of hydrogen-bond acceptors (Lipinski definition) is 3. The summed E-state index contributed by atoms with van der Waals surface area (Å²) >= 11 is 0. The van der Waals surface area contributed by atoms with E-state index in [1.165, 1.54) is 0 Å². The van der Waals surface area contributed by atoms with Gasteiger partial charge in [-0.25, -0.2) is 4.79 Å². The van der Waals surface area contributed by atoms with E-state index in [4.69, 9.17) is 4.74 Å². The van der Waals surface area contributed by atoms with Gasteiger partial charge in [0.2, 0.25) is 0 Å². The molecule has 0 heterocycles. The van der Waals surface area contributed by atoms with Crippen LogP contribution in [0.1, 0.15) is 43.7 Å². The number of ether oxygens (including phenoxy) is 1. The molecule has 2 rings (SSSR count). The summed E-state index contributed by atoms with van der Waals surface area (Å²) in [6.07, 6.45) is 3.61. The first-order valence-corrected chi connectivity index (χ1v) is 8.27. The molecule has 0 spiro atoms. The molecule has 0 aliphatic heterocycles. The Labute approximate surface area is 138 Å². The maximum absolute atomic E-state index is 12.0. The van der Waals surface area contributed by atoms with Crippen molar-refractivity contribution in [2.24, 2.45) is 5.41 Å². The fourth-order valence-corrected chi connectivity index (χ4v) is 3.16. The van der Waals surface area contributed by atoms with E-state index in [-0.39, 0.29) is 17.6 Å². The van der Waals surface area contributed by atoms with Crippen LogP contribution in [0.15, 0.2) is 18.2 Å². The number of urea groups is 1. The van der Waals surface area contributed by atoms with Crippen LogP contribution in [0.4, 0.5) is 4.79 Å². The number of aliphatic hydroxyl groups excluding tert-OH is 1. The lowest BCUT2D eigenvalue weighted by Gasteiger charge is -2.38. The highest BCUT2D eigenvalue weighted by atomic mass is 16.5. The van der Waals surface area contributed by atoms with Crippen molar-refractivity contribution in [3.63, 3.8) is 0 Å². The first-order valence-electron chi connectivity index (χ1n) is 8.27. The predicted molar refractivity (Wildman–Crippen MR) is 90.6 cm³/mol. The minimum absolute atomic E-state index is 0.204. The van der Waals surface area contributed by atoms with E-state index >= 15 is 0 Å². The number of methoxy groups -OCH3 is 1. The summed E-state index contributed by atoms with van der Waals surface area (Å²) in [6, 6.07) is 5.69. The summed E-state index contributed by atoms with van der Waals surface area (Å²) in [5, 5.41) is 15.9. The van der Waals surface area contributed by atoms with Crippen molar-refractivity contribution >= 4 is 6.03 Å². The molecule has 0 saturated heterocycles. The number of carbonyl (C=O) groups is 1. The van der Waals surface area contributed by atoms with E-state index in [0.29, 0.717) is 13.1 Å². The third-order valence-corrected chi connectivity index (χ3v) is 4.73. The quantitative estimate of drug-likeness (QED) is 0.781. The minimum atomic E-state index is -0.336. The topological polar surface area (TPSA) is 70.6 Å². The highest BCUT2D eigenvalue weighted by Crippen LogP contribution is 2.35. The maximum Gasteiger partial charge on any atom is 0.315 e. The lowest BCUT2D eigenvalue weighted by atomic mass is 9.73. The molecule has 1 saturated carbocycles. The Morgan fingerprint density at radius 1 is 1.35 bits per heavy atom. The Kier molecular flexibility index (Phi) is 5.88. The first kappa shape index (κ1) is 17.6. The van der Waals surface area contributed by atoms with Crippen LogP contribution in [-0.4, -0.2) is 30.9 Å². The van der Waals surface area contributed by atoms with Crippen LogP contribution >= 0.6 is 0 Å². The van der Waals surface area contributed by atoms with E-state index in [2.05, 4.69) is 10.6 Å². The lowest BCUT2D eigenvalue weighted by Crippen LogP contribution is -2.47. The molecule has 1 fully saturated rings. The summed E-state index contributed by atoms with van der Waals surface area (Å²) in [5.41, 5.74) is 1.88. The molecule has 2 unspecified atom stereocenters. The second kappa shape index (κ2) is 7.68. The predicted octanol–water partition coefficient (Wildman–Crippen LogP) is 2.74. The highest BCUT2D eigenvalue weighted by molar-refractivity contribution is 5.73. The molecular weight excluding hydrogens is 292 g/mol. The van der Waals surface area contributed by atoms with Crippen molar-refractivity contribution in [3.8, 4) is 5.75 Å². The third kappa shape index (κ3) is 4.86. The maximum atomic E-state index is 12.0. The second-order valence-corrected chi connectivity index (χ2v) is 6.81. The molecule has 5 nitrogen and oxygen atoms in total. The van der Waals surface area contributed by atoms with Gasteiger partial charge in [-0.2, -0.15) is 0 Å². The van der Waals surface area contributed by atoms with Gasteiger partial charge in [0.15, 0.2) is 0 Å². The van der Waals surface area contributed by atoms with Crippen LogP contribution < -0.4 is 15.4 Å². The van der Waals surface area contributed by atoms with Crippen molar-refractivity contribution in [2.45, 2.75) is 52.2 Å². The van der Waals surface area contributed by atoms with Crippen molar-refractivity contribution in [2.75, 3.05) is 13.7 Å².